The number of carbonyl (C=O) groups excluding carboxylic acids is 1. The third-order valence-corrected chi connectivity index (χ3v) is 5.22. The van der Waals surface area contributed by atoms with Gasteiger partial charge in [-0.2, -0.15) is 5.10 Å². The summed E-state index contributed by atoms with van der Waals surface area (Å²) in [6.45, 7) is 5.97. The molecule has 3 rings (SSSR count). The zero-order valence-corrected chi connectivity index (χ0v) is 17.3. The summed E-state index contributed by atoms with van der Waals surface area (Å²) in [5.41, 5.74) is 6.28. The fraction of sp³-hybridized carbons (Fsp3) is 0.400. The van der Waals surface area contributed by atoms with Crippen molar-refractivity contribution in [1.82, 2.24) is 15.4 Å². The number of thioether (sulfide) groups is 1. The Kier molecular flexibility index (Phi) is 6.86. The van der Waals surface area contributed by atoms with Crippen LogP contribution < -0.4 is 15.1 Å². The molecule has 2 heterocycles. The van der Waals surface area contributed by atoms with Crippen LogP contribution >= 0.6 is 11.8 Å². The van der Waals surface area contributed by atoms with Gasteiger partial charge in [-0.15, -0.1) is 0 Å². The van der Waals surface area contributed by atoms with Gasteiger partial charge in [0.2, 0.25) is 0 Å². The fourth-order valence-electron chi connectivity index (χ4n) is 3.07. The number of nitrogens with one attached hydrogen (secondary N) is 1. The summed E-state index contributed by atoms with van der Waals surface area (Å²) >= 11 is 1.29. The number of rotatable bonds is 7. The maximum Gasteiger partial charge on any atom is 0.250 e. The van der Waals surface area contributed by atoms with Crippen molar-refractivity contribution in [2.24, 2.45) is 5.10 Å². The van der Waals surface area contributed by atoms with Crippen LogP contribution in [0.3, 0.4) is 0 Å². The summed E-state index contributed by atoms with van der Waals surface area (Å²) in [4.78, 5) is 23.0. The molecular weight excluding hydrogens is 374 g/mol. The maximum atomic E-state index is 12.0. The van der Waals surface area contributed by atoms with Gasteiger partial charge in [-0.3, -0.25) is 4.79 Å². The highest BCUT2D eigenvalue weighted by Crippen LogP contribution is 2.27. The highest BCUT2D eigenvalue weighted by Gasteiger charge is 2.14. The molecule has 0 radical (unpaired) electrons. The third kappa shape index (κ3) is 5.45. The molecule has 7 nitrogen and oxygen atoms in total. The van der Waals surface area contributed by atoms with E-state index in [1.165, 1.54) is 24.6 Å². The lowest BCUT2D eigenvalue weighted by Crippen LogP contribution is -2.20. The molecule has 1 aliphatic heterocycles. The van der Waals surface area contributed by atoms with E-state index in [4.69, 9.17) is 4.74 Å². The van der Waals surface area contributed by atoms with Crippen LogP contribution in [-0.4, -0.2) is 48.0 Å². The minimum Gasteiger partial charge on any atom is -0.496 e. The molecule has 1 aliphatic rings. The Morgan fingerprint density at radius 1 is 1.25 bits per heavy atom. The Bertz CT molecular complexity index is 845. The molecule has 1 amide bonds. The molecule has 0 unspecified atom stereocenters. The number of carbonyl (C=O) groups is 1. The summed E-state index contributed by atoms with van der Waals surface area (Å²) in [5.74, 6) is 0.725. The molecule has 1 aromatic heterocycles. The summed E-state index contributed by atoms with van der Waals surface area (Å²) in [6.07, 6.45) is 4.05. The molecule has 8 heteroatoms. The van der Waals surface area contributed by atoms with Gasteiger partial charge in [0.15, 0.2) is 5.16 Å². The summed E-state index contributed by atoms with van der Waals surface area (Å²) in [7, 11) is 1.64. The number of hydrogen-bond donors (Lipinski definition) is 1. The number of anilines is 1. The zero-order chi connectivity index (χ0) is 19.9. The van der Waals surface area contributed by atoms with Crippen LogP contribution in [0.5, 0.6) is 5.75 Å². The first-order valence-electron chi connectivity index (χ1n) is 9.25. The highest BCUT2D eigenvalue weighted by molar-refractivity contribution is 7.99. The molecule has 1 aromatic carbocycles. The average Bonchev–Trinajstić information content (AvgIpc) is 3.20. The maximum absolute atomic E-state index is 12.0. The van der Waals surface area contributed by atoms with Crippen molar-refractivity contribution >= 4 is 29.6 Å². The number of hydrogen-bond acceptors (Lipinski definition) is 7. The number of nitrogens with zero attached hydrogens (tertiary/aromatic N) is 4. The first-order valence-corrected chi connectivity index (χ1v) is 10.2. The van der Waals surface area contributed by atoms with Gasteiger partial charge >= 0.3 is 0 Å². The first-order chi connectivity index (χ1) is 13.5. The summed E-state index contributed by atoms with van der Waals surface area (Å²) in [5, 5.41) is 4.65. The van der Waals surface area contributed by atoms with Crippen LogP contribution in [0.1, 0.15) is 29.8 Å². The molecule has 28 heavy (non-hydrogen) atoms. The number of methoxy groups -OCH3 is 1. The quantitative estimate of drug-likeness (QED) is 0.334. The van der Waals surface area contributed by atoms with Gasteiger partial charge in [0, 0.05) is 41.8 Å². The van der Waals surface area contributed by atoms with Crippen molar-refractivity contribution in [2.75, 3.05) is 30.9 Å². The Morgan fingerprint density at radius 2 is 1.96 bits per heavy atom. The van der Waals surface area contributed by atoms with E-state index in [0.717, 1.165) is 41.5 Å². The van der Waals surface area contributed by atoms with Crippen molar-refractivity contribution in [2.45, 2.75) is 31.8 Å². The van der Waals surface area contributed by atoms with E-state index in [1.54, 1.807) is 13.3 Å². The van der Waals surface area contributed by atoms with Gasteiger partial charge in [0.25, 0.3) is 5.91 Å². The molecule has 0 atom stereocenters. The van der Waals surface area contributed by atoms with Crippen molar-refractivity contribution in [1.29, 1.82) is 0 Å². The molecule has 1 N–H and O–H groups in total. The molecule has 0 aliphatic carbocycles. The summed E-state index contributed by atoms with van der Waals surface area (Å²) in [6, 6.07) is 7.93. The van der Waals surface area contributed by atoms with Gasteiger partial charge in [-0.25, -0.2) is 15.4 Å². The Balaban J connectivity index is 1.55. The highest BCUT2D eigenvalue weighted by atomic mass is 32.2. The van der Waals surface area contributed by atoms with Crippen LogP contribution in [-0.2, 0) is 4.79 Å². The lowest BCUT2D eigenvalue weighted by atomic mass is 10.2. The molecule has 0 spiro atoms. The topological polar surface area (TPSA) is 79.7 Å². The van der Waals surface area contributed by atoms with Crippen LogP contribution in [0.4, 0.5) is 5.69 Å². The summed E-state index contributed by atoms with van der Waals surface area (Å²) < 4.78 is 5.48. The van der Waals surface area contributed by atoms with E-state index in [2.05, 4.69) is 31.5 Å². The number of benzene rings is 1. The van der Waals surface area contributed by atoms with E-state index in [9.17, 15) is 4.79 Å². The third-order valence-electron chi connectivity index (χ3n) is 4.38. The smallest absolute Gasteiger partial charge is 0.250 e. The first kappa shape index (κ1) is 20.1. The number of amides is 1. The zero-order valence-electron chi connectivity index (χ0n) is 16.4. The normalized spacial score (nSPS) is 13.9. The number of hydrazone groups is 1. The predicted octanol–water partition coefficient (Wildman–Crippen LogP) is 2.94. The monoisotopic (exact) mass is 399 g/mol. The molecule has 0 bridgehead atoms. The lowest BCUT2D eigenvalue weighted by Gasteiger charge is -2.18. The number of aryl methyl sites for hydroxylation is 2. The van der Waals surface area contributed by atoms with Crippen molar-refractivity contribution < 1.29 is 9.53 Å². The van der Waals surface area contributed by atoms with E-state index in [0.29, 0.717) is 5.16 Å². The van der Waals surface area contributed by atoms with E-state index in [-0.39, 0.29) is 11.7 Å². The second-order valence-corrected chi connectivity index (χ2v) is 7.58. The van der Waals surface area contributed by atoms with E-state index >= 15 is 0 Å². The molecule has 1 saturated heterocycles. The minimum absolute atomic E-state index is 0.200. The molecule has 1 fully saturated rings. The van der Waals surface area contributed by atoms with Crippen LogP contribution in [0.2, 0.25) is 0 Å². The second-order valence-electron chi connectivity index (χ2n) is 6.64. The van der Waals surface area contributed by atoms with Crippen molar-refractivity contribution in [3.8, 4) is 5.75 Å². The van der Waals surface area contributed by atoms with E-state index in [1.807, 2.05) is 32.0 Å². The largest absolute Gasteiger partial charge is 0.496 e. The number of ether oxygens (including phenoxy) is 1. The van der Waals surface area contributed by atoms with E-state index < -0.39 is 0 Å². The van der Waals surface area contributed by atoms with Crippen molar-refractivity contribution in [3.05, 3.63) is 41.2 Å². The van der Waals surface area contributed by atoms with Crippen LogP contribution in [0.25, 0.3) is 0 Å². The average molecular weight is 400 g/mol. The Labute approximate surface area is 169 Å². The molecule has 148 valence electrons. The van der Waals surface area contributed by atoms with Gasteiger partial charge in [0.1, 0.15) is 5.75 Å². The number of aromatic nitrogens is 2. The molecule has 0 saturated carbocycles. The lowest BCUT2D eigenvalue weighted by molar-refractivity contribution is -0.118. The van der Waals surface area contributed by atoms with Crippen LogP contribution in [0.15, 0.2) is 34.5 Å². The SMILES string of the molecule is COc1cc(N2CCCC2)ccc1/C=N/NC(=O)CSc1nc(C)cc(C)n1. The van der Waals surface area contributed by atoms with Gasteiger partial charge in [-0.05, 0) is 44.9 Å². The van der Waals surface area contributed by atoms with Gasteiger partial charge < -0.3 is 9.64 Å². The molecule has 2 aromatic rings. The predicted molar refractivity (Wildman–Crippen MR) is 112 cm³/mol. The Hall–Kier alpha value is -2.61. The van der Waals surface area contributed by atoms with Crippen LogP contribution in [0, 0.1) is 13.8 Å². The second kappa shape index (κ2) is 9.54. The van der Waals surface area contributed by atoms with Crippen molar-refractivity contribution in [3.63, 3.8) is 0 Å². The van der Waals surface area contributed by atoms with Gasteiger partial charge in [-0.1, -0.05) is 11.8 Å². The standard InChI is InChI=1S/C20H25N5O2S/c1-14-10-15(2)23-20(22-14)28-13-19(26)24-21-12-16-6-7-17(11-18(16)27-3)25-8-4-5-9-25/h6-7,10-12H,4-5,8-9,13H2,1-3H3,(H,24,26)/b21-12+. The Morgan fingerprint density at radius 3 is 2.64 bits per heavy atom. The minimum atomic E-state index is -0.211. The fourth-order valence-corrected chi connectivity index (χ4v) is 3.81. The van der Waals surface area contributed by atoms with Gasteiger partial charge in [0.05, 0.1) is 19.1 Å². The molecular formula is C20H25N5O2S.